The first-order valence-corrected chi connectivity index (χ1v) is 5.24. The molecule has 1 aliphatic carbocycles. The normalized spacial score (nSPS) is 26.4. The highest BCUT2D eigenvalue weighted by molar-refractivity contribution is 5.72. The Hall–Kier alpha value is -0.610. The summed E-state index contributed by atoms with van der Waals surface area (Å²) in [6, 6.07) is 0.180. The number of ether oxygens (including phenoxy) is 2. The average molecular weight is 201 g/mol. The van der Waals surface area contributed by atoms with Crippen LogP contribution in [0.3, 0.4) is 0 Å². The van der Waals surface area contributed by atoms with Gasteiger partial charge >= 0.3 is 5.97 Å². The fourth-order valence-electron chi connectivity index (χ4n) is 1.69. The fraction of sp³-hybridized carbons (Fsp3) is 0.900. The molecule has 0 bridgehead atoms. The minimum atomic E-state index is -0.113. The number of hydrogen-bond acceptors (Lipinski definition) is 4. The molecule has 0 saturated heterocycles. The first-order chi connectivity index (χ1) is 6.74. The second-order valence-corrected chi connectivity index (χ2v) is 3.63. The lowest BCUT2D eigenvalue weighted by Gasteiger charge is -2.09. The first kappa shape index (κ1) is 11.5. The molecule has 4 heteroatoms. The Morgan fingerprint density at radius 3 is 2.79 bits per heavy atom. The van der Waals surface area contributed by atoms with Crippen LogP contribution in [0.4, 0.5) is 0 Å². The minimum absolute atomic E-state index is 0.0200. The SMILES string of the molecule is CCOCCOC(=O)C1CCC(N)C1. The largest absolute Gasteiger partial charge is 0.463 e. The van der Waals surface area contributed by atoms with Crippen LogP contribution in [-0.4, -0.2) is 31.8 Å². The molecule has 82 valence electrons. The van der Waals surface area contributed by atoms with Crippen molar-refractivity contribution in [2.24, 2.45) is 11.7 Å². The second kappa shape index (κ2) is 5.98. The van der Waals surface area contributed by atoms with Crippen LogP contribution >= 0.6 is 0 Å². The standard InChI is InChI=1S/C10H19NO3/c1-2-13-5-6-14-10(12)8-3-4-9(11)7-8/h8-9H,2-7,11H2,1H3. The van der Waals surface area contributed by atoms with Crippen LogP contribution in [0.15, 0.2) is 0 Å². The Labute approximate surface area is 84.7 Å². The van der Waals surface area contributed by atoms with E-state index in [1.165, 1.54) is 0 Å². The van der Waals surface area contributed by atoms with E-state index >= 15 is 0 Å². The molecule has 0 aromatic carbocycles. The van der Waals surface area contributed by atoms with E-state index < -0.39 is 0 Å². The monoisotopic (exact) mass is 201 g/mol. The van der Waals surface area contributed by atoms with Gasteiger partial charge in [0.05, 0.1) is 12.5 Å². The maximum atomic E-state index is 11.4. The van der Waals surface area contributed by atoms with E-state index in [0.717, 1.165) is 19.3 Å². The lowest BCUT2D eigenvalue weighted by molar-refractivity contribution is -0.149. The van der Waals surface area contributed by atoms with Crippen molar-refractivity contribution in [2.45, 2.75) is 32.2 Å². The van der Waals surface area contributed by atoms with E-state index in [0.29, 0.717) is 19.8 Å². The molecule has 0 radical (unpaired) electrons. The fourth-order valence-corrected chi connectivity index (χ4v) is 1.69. The van der Waals surface area contributed by atoms with Crippen molar-refractivity contribution in [1.29, 1.82) is 0 Å². The first-order valence-electron chi connectivity index (χ1n) is 5.24. The Kier molecular flexibility index (Phi) is 4.90. The molecule has 0 spiro atoms. The van der Waals surface area contributed by atoms with Crippen LogP contribution < -0.4 is 5.73 Å². The molecule has 0 amide bonds. The third-order valence-corrected chi connectivity index (χ3v) is 2.48. The van der Waals surface area contributed by atoms with Gasteiger partial charge in [-0.15, -0.1) is 0 Å². The van der Waals surface area contributed by atoms with Crippen LogP contribution in [0.1, 0.15) is 26.2 Å². The summed E-state index contributed by atoms with van der Waals surface area (Å²) in [7, 11) is 0. The molecule has 1 aliphatic rings. The van der Waals surface area contributed by atoms with E-state index in [-0.39, 0.29) is 17.9 Å². The van der Waals surface area contributed by atoms with Gasteiger partial charge in [0, 0.05) is 12.6 Å². The molecule has 0 aromatic heterocycles. The summed E-state index contributed by atoms with van der Waals surface area (Å²) < 4.78 is 10.1. The zero-order chi connectivity index (χ0) is 10.4. The predicted molar refractivity (Wildman–Crippen MR) is 52.8 cm³/mol. The molecule has 2 atom stereocenters. The molecule has 14 heavy (non-hydrogen) atoms. The number of carbonyl (C=O) groups is 1. The van der Waals surface area contributed by atoms with Crippen molar-refractivity contribution >= 4 is 5.97 Å². The molecule has 1 saturated carbocycles. The van der Waals surface area contributed by atoms with Gasteiger partial charge in [0.1, 0.15) is 6.61 Å². The van der Waals surface area contributed by atoms with E-state index in [1.54, 1.807) is 0 Å². The zero-order valence-corrected chi connectivity index (χ0v) is 8.70. The van der Waals surface area contributed by atoms with Gasteiger partial charge in [0.2, 0.25) is 0 Å². The maximum absolute atomic E-state index is 11.4. The molecule has 1 rings (SSSR count). The van der Waals surface area contributed by atoms with Gasteiger partial charge < -0.3 is 15.2 Å². The third-order valence-electron chi connectivity index (χ3n) is 2.48. The van der Waals surface area contributed by atoms with Gasteiger partial charge in [-0.1, -0.05) is 0 Å². The summed E-state index contributed by atoms with van der Waals surface area (Å²) in [4.78, 5) is 11.4. The molecular formula is C10H19NO3. The number of rotatable bonds is 5. The summed E-state index contributed by atoms with van der Waals surface area (Å²) in [5.74, 6) is -0.0933. The molecule has 2 unspecified atom stereocenters. The molecule has 2 N–H and O–H groups in total. The van der Waals surface area contributed by atoms with Gasteiger partial charge in [-0.25, -0.2) is 0 Å². The van der Waals surface area contributed by atoms with Gasteiger partial charge in [0.15, 0.2) is 0 Å². The molecule has 4 nitrogen and oxygen atoms in total. The lowest BCUT2D eigenvalue weighted by atomic mass is 10.1. The molecule has 0 aliphatic heterocycles. The topological polar surface area (TPSA) is 61.5 Å². The molecule has 1 fully saturated rings. The highest BCUT2D eigenvalue weighted by atomic mass is 16.6. The highest BCUT2D eigenvalue weighted by Gasteiger charge is 2.28. The summed E-state index contributed by atoms with van der Waals surface area (Å²) in [5.41, 5.74) is 5.71. The van der Waals surface area contributed by atoms with Crippen LogP contribution in [0.5, 0.6) is 0 Å². The van der Waals surface area contributed by atoms with Crippen molar-refractivity contribution in [3.63, 3.8) is 0 Å². The number of nitrogens with two attached hydrogens (primary N) is 1. The van der Waals surface area contributed by atoms with Crippen molar-refractivity contribution in [1.82, 2.24) is 0 Å². The Morgan fingerprint density at radius 1 is 1.43 bits per heavy atom. The van der Waals surface area contributed by atoms with Crippen LogP contribution in [-0.2, 0) is 14.3 Å². The Bertz CT molecular complexity index is 184. The van der Waals surface area contributed by atoms with E-state index in [2.05, 4.69) is 0 Å². The Balaban J connectivity index is 2.09. The van der Waals surface area contributed by atoms with Crippen molar-refractivity contribution < 1.29 is 14.3 Å². The van der Waals surface area contributed by atoms with Gasteiger partial charge in [-0.3, -0.25) is 4.79 Å². The van der Waals surface area contributed by atoms with Crippen molar-refractivity contribution in [3.8, 4) is 0 Å². The van der Waals surface area contributed by atoms with Gasteiger partial charge in [0.25, 0.3) is 0 Å². The summed E-state index contributed by atoms with van der Waals surface area (Å²) in [6.45, 7) is 3.42. The van der Waals surface area contributed by atoms with Crippen molar-refractivity contribution in [2.75, 3.05) is 19.8 Å². The predicted octanol–water partition coefficient (Wildman–Crippen LogP) is 0.694. The van der Waals surface area contributed by atoms with Crippen LogP contribution in [0.2, 0.25) is 0 Å². The van der Waals surface area contributed by atoms with E-state index in [4.69, 9.17) is 15.2 Å². The summed E-state index contributed by atoms with van der Waals surface area (Å²) >= 11 is 0. The molecule has 0 heterocycles. The average Bonchev–Trinajstić information content (AvgIpc) is 2.59. The smallest absolute Gasteiger partial charge is 0.309 e. The van der Waals surface area contributed by atoms with Crippen LogP contribution in [0.25, 0.3) is 0 Å². The third kappa shape index (κ3) is 3.64. The molecule has 0 aromatic rings. The number of esters is 1. The molecular weight excluding hydrogens is 182 g/mol. The van der Waals surface area contributed by atoms with Gasteiger partial charge in [-0.05, 0) is 26.2 Å². The van der Waals surface area contributed by atoms with Crippen molar-refractivity contribution in [3.05, 3.63) is 0 Å². The second-order valence-electron chi connectivity index (χ2n) is 3.63. The van der Waals surface area contributed by atoms with Crippen LogP contribution in [0, 0.1) is 5.92 Å². The number of hydrogen-bond donors (Lipinski definition) is 1. The quantitative estimate of drug-likeness (QED) is 0.525. The lowest BCUT2D eigenvalue weighted by Crippen LogP contribution is -2.21. The Morgan fingerprint density at radius 2 is 2.21 bits per heavy atom. The highest BCUT2D eigenvalue weighted by Crippen LogP contribution is 2.24. The summed E-state index contributed by atoms with van der Waals surface area (Å²) in [6.07, 6.45) is 2.58. The summed E-state index contributed by atoms with van der Waals surface area (Å²) in [5, 5.41) is 0. The van der Waals surface area contributed by atoms with E-state index in [9.17, 15) is 4.79 Å². The van der Waals surface area contributed by atoms with Gasteiger partial charge in [-0.2, -0.15) is 0 Å². The maximum Gasteiger partial charge on any atom is 0.309 e. The zero-order valence-electron chi connectivity index (χ0n) is 8.70. The number of carbonyl (C=O) groups excluding carboxylic acids is 1. The van der Waals surface area contributed by atoms with E-state index in [1.807, 2.05) is 6.92 Å². The minimum Gasteiger partial charge on any atom is -0.463 e.